The second-order valence-corrected chi connectivity index (χ2v) is 2.57. The maximum absolute atomic E-state index is 10.9. The van der Waals surface area contributed by atoms with E-state index < -0.39 is 6.09 Å². The lowest BCUT2D eigenvalue weighted by Gasteiger charge is -2.03. The van der Waals surface area contributed by atoms with Crippen LogP contribution in [0.4, 0.5) is 10.5 Å². The Morgan fingerprint density at radius 3 is 3.00 bits per heavy atom. The van der Waals surface area contributed by atoms with E-state index >= 15 is 0 Å². The first-order chi connectivity index (χ1) is 6.22. The third kappa shape index (κ3) is 2.99. The van der Waals surface area contributed by atoms with Crippen molar-refractivity contribution in [1.29, 1.82) is 0 Å². The molecule has 0 aliphatic carbocycles. The van der Waals surface area contributed by atoms with E-state index in [4.69, 9.17) is 0 Å². The molecule has 0 radical (unpaired) electrons. The maximum atomic E-state index is 10.9. The molecule has 68 valence electrons. The van der Waals surface area contributed by atoms with Gasteiger partial charge in [-0.25, -0.2) is 4.79 Å². The average Bonchev–Trinajstić information content (AvgIpc) is 2.04. The molecule has 1 N–H and O–H groups in total. The van der Waals surface area contributed by atoms with Gasteiger partial charge in [-0.15, -0.1) is 0 Å². The summed E-state index contributed by atoms with van der Waals surface area (Å²) in [6.07, 6.45) is 0.561. The number of hydrogen-bond donors (Lipinski definition) is 1. The second kappa shape index (κ2) is 4.30. The van der Waals surface area contributed by atoms with Gasteiger partial charge < -0.3 is 4.74 Å². The molecule has 0 unspecified atom stereocenters. The zero-order valence-electron chi connectivity index (χ0n) is 7.41. The number of hydrogen-bond acceptors (Lipinski definition) is 2. The number of aryl methyl sites for hydroxylation is 1. The van der Waals surface area contributed by atoms with Crippen LogP contribution < -0.4 is 5.32 Å². The van der Waals surface area contributed by atoms with Crippen molar-refractivity contribution < 1.29 is 9.53 Å². The van der Waals surface area contributed by atoms with E-state index in [-0.39, 0.29) is 0 Å². The van der Waals surface area contributed by atoms with Gasteiger partial charge in [-0.05, 0) is 24.6 Å². The molecule has 0 saturated carbocycles. The molecule has 1 rings (SSSR count). The number of carbonyl (C=O) groups excluding carboxylic acids is 1. The topological polar surface area (TPSA) is 38.3 Å². The SMILES string of the molecule is C=COC(=O)Nc1cccc(C)c1. The van der Waals surface area contributed by atoms with Crippen LogP contribution in [0.1, 0.15) is 5.56 Å². The van der Waals surface area contributed by atoms with Crippen molar-refractivity contribution >= 4 is 11.8 Å². The fourth-order valence-corrected chi connectivity index (χ4v) is 0.946. The van der Waals surface area contributed by atoms with E-state index in [9.17, 15) is 4.79 Å². The van der Waals surface area contributed by atoms with Gasteiger partial charge in [0.15, 0.2) is 0 Å². The summed E-state index contributed by atoms with van der Waals surface area (Å²) in [6.45, 7) is 5.23. The maximum Gasteiger partial charge on any atom is 0.416 e. The van der Waals surface area contributed by atoms with Crippen molar-refractivity contribution in [3.8, 4) is 0 Å². The standard InChI is InChI=1S/C10H11NO2/c1-3-13-10(12)11-9-6-4-5-8(2)7-9/h3-7H,1H2,2H3,(H,11,12). The van der Waals surface area contributed by atoms with Gasteiger partial charge in [0.2, 0.25) is 0 Å². The number of nitrogens with one attached hydrogen (secondary N) is 1. The molecule has 0 bridgehead atoms. The van der Waals surface area contributed by atoms with Crippen molar-refractivity contribution in [2.24, 2.45) is 0 Å². The van der Waals surface area contributed by atoms with Crippen LogP contribution in [0.15, 0.2) is 37.1 Å². The van der Waals surface area contributed by atoms with E-state index in [0.29, 0.717) is 5.69 Å². The summed E-state index contributed by atoms with van der Waals surface area (Å²) in [4.78, 5) is 10.9. The predicted octanol–water partition coefficient (Wildman–Crippen LogP) is 2.69. The molecule has 3 nitrogen and oxygen atoms in total. The van der Waals surface area contributed by atoms with E-state index in [1.807, 2.05) is 25.1 Å². The van der Waals surface area contributed by atoms with Gasteiger partial charge >= 0.3 is 6.09 Å². The van der Waals surface area contributed by atoms with Crippen LogP contribution in [-0.4, -0.2) is 6.09 Å². The molecular weight excluding hydrogens is 166 g/mol. The van der Waals surface area contributed by atoms with Crippen LogP contribution >= 0.6 is 0 Å². The average molecular weight is 177 g/mol. The Hall–Kier alpha value is -1.77. The molecule has 1 aromatic rings. The summed E-state index contributed by atoms with van der Waals surface area (Å²) in [5, 5.41) is 2.55. The molecule has 0 fully saturated rings. The third-order valence-electron chi connectivity index (χ3n) is 1.45. The highest BCUT2D eigenvalue weighted by molar-refractivity contribution is 5.84. The van der Waals surface area contributed by atoms with Gasteiger partial charge in [-0.3, -0.25) is 5.32 Å². The summed E-state index contributed by atoms with van der Waals surface area (Å²) < 4.78 is 4.50. The number of anilines is 1. The van der Waals surface area contributed by atoms with Gasteiger partial charge in [0, 0.05) is 5.69 Å². The normalized spacial score (nSPS) is 9.00. The van der Waals surface area contributed by atoms with E-state index in [1.165, 1.54) is 0 Å². The number of carbonyl (C=O) groups is 1. The summed E-state index contributed by atoms with van der Waals surface area (Å²) in [6, 6.07) is 7.45. The first-order valence-electron chi connectivity index (χ1n) is 3.87. The highest BCUT2D eigenvalue weighted by Crippen LogP contribution is 2.09. The first-order valence-corrected chi connectivity index (χ1v) is 3.87. The molecule has 1 aromatic carbocycles. The molecule has 0 aliphatic heterocycles. The van der Waals surface area contributed by atoms with Crippen LogP contribution in [0.5, 0.6) is 0 Å². The Morgan fingerprint density at radius 1 is 1.62 bits per heavy atom. The third-order valence-corrected chi connectivity index (χ3v) is 1.45. The zero-order chi connectivity index (χ0) is 9.68. The number of amides is 1. The Kier molecular flexibility index (Phi) is 3.09. The van der Waals surface area contributed by atoms with Crippen molar-refractivity contribution in [3.63, 3.8) is 0 Å². The van der Waals surface area contributed by atoms with Crippen LogP contribution in [0, 0.1) is 6.92 Å². The monoisotopic (exact) mass is 177 g/mol. The van der Waals surface area contributed by atoms with Gasteiger partial charge in [0.25, 0.3) is 0 Å². The van der Waals surface area contributed by atoms with Crippen LogP contribution in [0.25, 0.3) is 0 Å². The largest absolute Gasteiger partial charge is 0.419 e. The molecule has 0 spiro atoms. The van der Waals surface area contributed by atoms with Crippen molar-refractivity contribution in [2.75, 3.05) is 5.32 Å². The molecule has 0 aromatic heterocycles. The van der Waals surface area contributed by atoms with Crippen LogP contribution in [0.2, 0.25) is 0 Å². The lowest BCUT2D eigenvalue weighted by molar-refractivity contribution is 0.201. The quantitative estimate of drug-likeness (QED) is 0.705. The van der Waals surface area contributed by atoms with E-state index in [0.717, 1.165) is 11.8 Å². The highest BCUT2D eigenvalue weighted by atomic mass is 16.5. The second-order valence-electron chi connectivity index (χ2n) is 2.57. The fraction of sp³-hybridized carbons (Fsp3) is 0.100. The fourth-order valence-electron chi connectivity index (χ4n) is 0.946. The Morgan fingerprint density at radius 2 is 2.38 bits per heavy atom. The minimum atomic E-state index is -0.527. The predicted molar refractivity (Wildman–Crippen MR) is 51.5 cm³/mol. The summed E-state index contributed by atoms with van der Waals surface area (Å²) in [5.41, 5.74) is 1.79. The Labute approximate surface area is 77.0 Å². The molecular formula is C10H11NO2. The Bertz CT molecular complexity index is 320. The zero-order valence-corrected chi connectivity index (χ0v) is 7.41. The number of rotatable bonds is 2. The Balaban J connectivity index is 2.63. The minimum Gasteiger partial charge on any atom is -0.419 e. The molecule has 0 saturated heterocycles. The van der Waals surface area contributed by atoms with Crippen molar-refractivity contribution in [2.45, 2.75) is 6.92 Å². The van der Waals surface area contributed by atoms with Crippen LogP contribution in [0.3, 0.4) is 0 Å². The minimum absolute atomic E-state index is 0.527. The van der Waals surface area contributed by atoms with Crippen molar-refractivity contribution in [1.82, 2.24) is 0 Å². The van der Waals surface area contributed by atoms with Gasteiger partial charge in [-0.1, -0.05) is 18.7 Å². The first kappa shape index (κ1) is 9.32. The number of benzene rings is 1. The van der Waals surface area contributed by atoms with Crippen molar-refractivity contribution in [3.05, 3.63) is 42.7 Å². The summed E-state index contributed by atoms with van der Waals surface area (Å²) in [7, 11) is 0. The lowest BCUT2D eigenvalue weighted by atomic mass is 10.2. The van der Waals surface area contributed by atoms with Gasteiger partial charge in [0.1, 0.15) is 0 Å². The lowest BCUT2D eigenvalue weighted by Crippen LogP contribution is -2.10. The summed E-state index contributed by atoms with van der Waals surface area (Å²) >= 11 is 0. The molecule has 0 atom stereocenters. The smallest absolute Gasteiger partial charge is 0.416 e. The molecule has 3 heteroatoms. The molecule has 1 amide bonds. The molecule has 13 heavy (non-hydrogen) atoms. The van der Waals surface area contributed by atoms with Crippen LogP contribution in [-0.2, 0) is 4.74 Å². The molecule has 0 heterocycles. The van der Waals surface area contributed by atoms with Gasteiger partial charge in [0.05, 0.1) is 6.26 Å². The van der Waals surface area contributed by atoms with E-state index in [1.54, 1.807) is 6.07 Å². The highest BCUT2D eigenvalue weighted by Gasteiger charge is 1.99. The van der Waals surface area contributed by atoms with E-state index in [2.05, 4.69) is 16.6 Å². The van der Waals surface area contributed by atoms with Gasteiger partial charge in [-0.2, -0.15) is 0 Å². The molecule has 0 aliphatic rings. The summed E-state index contributed by atoms with van der Waals surface area (Å²) in [5.74, 6) is 0. The number of ether oxygens (including phenoxy) is 1.